The molecule has 14 heteroatoms. The Kier molecular flexibility index (Phi) is 8.34. The van der Waals surface area contributed by atoms with E-state index < -0.39 is 32.5 Å². The quantitative estimate of drug-likeness (QED) is 0.0879. The van der Waals surface area contributed by atoms with E-state index in [1.165, 1.54) is 43.3 Å². The van der Waals surface area contributed by atoms with Crippen LogP contribution in [0.1, 0.15) is 33.2 Å². The van der Waals surface area contributed by atoms with Crippen molar-refractivity contribution in [2.75, 3.05) is 10.7 Å². The van der Waals surface area contributed by atoms with Gasteiger partial charge in [-0.3, -0.25) is 19.6 Å². The molecule has 5 rings (SSSR count). The lowest BCUT2D eigenvalue weighted by atomic mass is 9.94. The van der Waals surface area contributed by atoms with Crippen LogP contribution in [-0.4, -0.2) is 46.6 Å². The molecule has 0 spiro atoms. The molecule has 45 heavy (non-hydrogen) atoms. The molecule has 0 aliphatic heterocycles. The molecule has 1 aliphatic carbocycles. The van der Waals surface area contributed by atoms with Gasteiger partial charge in [-0.25, -0.2) is 4.79 Å². The number of nitrogens with zero attached hydrogens (tertiary/aromatic N) is 3. The SMILES string of the molecule is CC(=O)Nc1ccc2c(c1)C(=O)C(=NNc1ccc(-c3ccc(N=Nc4ccc(O)c(C(=O)O)c4)cc3)cc1)C(S(=O)(=O)O)=C2. The number of amides is 1. The number of phenols is 1. The van der Waals surface area contributed by atoms with Gasteiger partial charge in [-0.15, -0.1) is 0 Å². The Morgan fingerprint density at radius 3 is 2.02 bits per heavy atom. The summed E-state index contributed by atoms with van der Waals surface area (Å²) in [6.07, 6.45) is 1.13. The summed E-state index contributed by atoms with van der Waals surface area (Å²) in [5.41, 5.74) is 5.36. The van der Waals surface area contributed by atoms with Crippen LogP contribution in [0.25, 0.3) is 17.2 Å². The van der Waals surface area contributed by atoms with Gasteiger partial charge in [0, 0.05) is 18.2 Å². The van der Waals surface area contributed by atoms with Gasteiger partial charge in [0.1, 0.15) is 16.2 Å². The number of aromatic hydroxyl groups is 1. The second-order valence-electron chi connectivity index (χ2n) is 9.70. The zero-order chi connectivity index (χ0) is 32.3. The normalized spacial score (nSPS) is 13.8. The number of nitrogens with one attached hydrogen (secondary N) is 2. The maximum atomic E-state index is 13.2. The monoisotopic (exact) mass is 625 g/mol. The average molecular weight is 626 g/mol. The van der Waals surface area contributed by atoms with Crippen LogP contribution in [0, 0.1) is 0 Å². The number of rotatable bonds is 8. The Bertz CT molecular complexity index is 2050. The molecule has 4 aromatic rings. The Morgan fingerprint density at radius 2 is 1.40 bits per heavy atom. The Hall–Kier alpha value is -5.99. The van der Waals surface area contributed by atoms with E-state index in [1.807, 2.05) is 0 Å². The second-order valence-corrected chi connectivity index (χ2v) is 11.1. The van der Waals surface area contributed by atoms with Crippen molar-refractivity contribution in [1.29, 1.82) is 0 Å². The van der Waals surface area contributed by atoms with Crippen molar-refractivity contribution >= 4 is 62.3 Å². The number of aromatic carboxylic acids is 1. The highest BCUT2D eigenvalue weighted by Gasteiger charge is 2.33. The predicted octanol–water partition coefficient (Wildman–Crippen LogP) is 6.02. The number of anilines is 2. The highest BCUT2D eigenvalue weighted by molar-refractivity contribution is 7.91. The minimum Gasteiger partial charge on any atom is -0.507 e. The van der Waals surface area contributed by atoms with E-state index >= 15 is 0 Å². The summed E-state index contributed by atoms with van der Waals surface area (Å²) < 4.78 is 34.0. The van der Waals surface area contributed by atoms with Crippen molar-refractivity contribution in [3.05, 3.63) is 107 Å². The van der Waals surface area contributed by atoms with Gasteiger partial charge in [0.25, 0.3) is 10.1 Å². The third kappa shape index (κ3) is 6.98. The lowest BCUT2D eigenvalue weighted by Gasteiger charge is -2.17. The van der Waals surface area contributed by atoms with Crippen molar-refractivity contribution in [3.8, 4) is 16.9 Å². The molecule has 5 N–H and O–H groups in total. The topological polar surface area (TPSA) is 207 Å². The number of hydrazone groups is 1. The van der Waals surface area contributed by atoms with Crippen LogP contribution in [0.15, 0.2) is 105 Å². The number of hydrogen-bond donors (Lipinski definition) is 5. The zero-order valence-corrected chi connectivity index (χ0v) is 24.1. The van der Waals surface area contributed by atoms with Gasteiger partial charge in [0.05, 0.1) is 17.1 Å². The first-order chi connectivity index (χ1) is 21.4. The summed E-state index contributed by atoms with van der Waals surface area (Å²) in [5.74, 6) is -2.77. The molecule has 0 aromatic heterocycles. The Morgan fingerprint density at radius 1 is 0.800 bits per heavy atom. The molecule has 1 amide bonds. The second kappa shape index (κ2) is 12.3. The standard InChI is InChI=1S/C31H23N5O8S/c1-17(37)32-23-11-6-20-14-28(45(42,43)44)29(30(39)25(20)15-23)36-34-22-9-4-19(5-10-22)18-2-7-21(8-3-18)33-35-24-12-13-27(38)26(16-24)31(40)41/h2-16,34,38H,1H3,(H,32,37)(H,40,41)(H,42,43,44). The molecule has 0 saturated heterocycles. The van der Waals surface area contributed by atoms with Gasteiger partial charge < -0.3 is 15.5 Å². The zero-order valence-electron chi connectivity index (χ0n) is 23.3. The molecular weight excluding hydrogens is 602 g/mol. The Labute approximate surface area is 256 Å². The molecule has 1 aliphatic rings. The summed E-state index contributed by atoms with van der Waals surface area (Å²) in [5, 5.41) is 33.4. The van der Waals surface area contributed by atoms with E-state index in [9.17, 15) is 32.5 Å². The third-order valence-electron chi connectivity index (χ3n) is 6.51. The average Bonchev–Trinajstić information content (AvgIpc) is 3.00. The number of Topliss-reactive ketones (excluding diaryl/α,β-unsaturated/α-hetero) is 1. The van der Waals surface area contributed by atoms with E-state index in [2.05, 4.69) is 26.1 Å². The molecule has 0 unspecified atom stereocenters. The van der Waals surface area contributed by atoms with Crippen LogP contribution in [0.5, 0.6) is 5.75 Å². The minimum absolute atomic E-state index is 0.0978. The number of benzene rings is 4. The molecule has 0 radical (unpaired) electrons. The van der Waals surface area contributed by atoms with Gasteiger partial charge in [-0.1, -0.05) is 30.3 Å². The highest BCUT2D eigenvalue weighted by Crippen LogP contribution is 2.30. The molecule has 0 saturated carbocycles. The fourth-order valence-electron chi connectivity index (χ4n) is 4.36. The number of carbonyl (C=O) groups excluding carboxylic acids is 2. The van der Waals surface area contributed by atoms with E-state index in [4.69, 9.17) is 5.11 Å². The molecule has 13 nitrogen and oxygen atoms in total. The number of carbonyl (C=O) groups is 3. The number of ketones is 1. The van der Waals surface area contributed by atoms with Gasteiger partial charge in [-0.2, -0.15) is 23.7 Å². The number of fused-ring (bicyclic) bond motifs is 1. The molecule has 0 bridgehead atoms. The predicted molar refractivity (Wildman–Crippen MR) is 167 cm³/mol. The first-order valence-corrected chi connectivity index (χ1v) is 14.5. The summed E-state index contributed by atoms with van der Waals surface area (Å²) >= 11 is 0. The van der Waals surface area contributed by atoms with Gasteiger partial charge in [-0.05, 0) is 77.4 Å². The van der Waals surface area contributed by atoms with Crippen molar-refractivity contribution in [3.63, 3.8) is 0 Å². The summed E-state index contributed by atoms with van der Waals surface area (Å²) in [6, 6.07) is 22.1. The van der Waals surface area contributed by atoms with Crippen LogP contribution in [-0.2, 0) is 14.9 Å². The van der Waals surface area contributed by atoms with Crippen molar-refractivity contribution in [1.82, 2.24) is 0 Å². The maximum Gasteiger partial charge on any atom is 0.339 e. The lowest BCUT2D eigenvalue weighted by molar-refractivity contribution is -0.114. The summed E-state index contributed by atoms with van der Waals surface area (Å²) in [4.78, 5) is 35.2. The smallest absolute Gasteiger partial charge is 0.339 e. The number of carboxylic acid groups (broad SMARTS) is 1. The minimum atomic E-state index is -4.81. The largest absolute Gasteiger partial charge is 0.507 e. The molecule has 4 aromatic carbocycles. The van der Waals surface area contributed by atoms with Crippen molar-refractivity contribution < 1.29 is 37.6 Å². The van der Waals surface area contributed by atoms with Gasteiger partial charge in [0.2, 0.25) is 11.7 Å². The van der Waals surface area contributed by atoms with Gasteiger partial charge >= 0.3 is 5.97 Å². The summed E-state index contributed by atoms with van der Waals surface area (Å²) in [7, 11) is -4.81. The molecule has 226 valence electrons. The first-order valence-electron chi connectivity index (χ1n) is 13.1. The number of azo groups is 1. The number of carboxylic acids is 1. The van der Waals surface area contributed by atoms with Crippen LogP contribution in [0.2, 0.25) is 0 Å². The maximum absolute atomic E-state index is 13.2. The van der Waals surface area contributed by atoms with E-state index in [-0.39, 0.29) is 34.0 Å². The van der Waals surface area contributed by atoms with E-state index in [0.29, 0.717) is 17.1 Å². The van der Waals surface area contributed by atoms with E-state index in [1.54, 1.807) is 48.5 Å². The summed E-state index contributed by atoms with van der Waals surface area (Å²) in [6.45, 7) is 1.31. The number of hydrogen-bond acceptors (Lipinski definition) is 10. The molecule has 0 heterocycles. The molecule has 0 fully saturated rings. The number of allylic oxidation sites excluding steroid dienone is 1. The van der Waals surface area contributed by atoms with Crippen LogP contribution in [0.4, 0.5) is 22.7 Å². The Balaban J connectivity index is 1.32. The van der Waals surface area contributed by atoms with Crippen LogP contribution in [0.3, 0.4) is 0 Å². The fraction of sp³-hybridized carbons (Fsp3) is 0.0323. The highest BCUT2D eigenvalue weighted by atomic mass is 32.2. The van der Waals surface area contributed by atoms with Crippen LogP contribution < -0.4 is 10.7 Å². The molecular formula is C31H23N5O8S. The molecule has 0 atom stereocenters. The lowest BCUT2D eigenvalue weighted by Crippen LogP contribution is -2.27. The van der Waals surface area contributed by atoms with Crippen molar-refractivity contribution in [2.24, 2.45) is 15.3 Å². The third-order valence-corrected chi connectivity index (χ3v) is 7.37. The first kappa shape index (κ1) is 30.5. The van der Waals surface area contributed by atoms with E-state index in [0.717, 1.165) is 17.2 Å². The van der Waals surface area contributed by atoms with Crippen molar-refractivity contribution in [2.45, 2.75) is 6.92 Å². The van der Waals surface area contributed by atoms with Gasteiger partial charge in [0.15, 0.2) is 5.71 Å². The fourth-order valence-corrected chi connectivity index (χ4v) is 5.02. The van der Waals surface area contributed by atoms with Crippen LogP contribution >= 0.6 is 0 Å².